The Labute approximate surface area is 145 Å². The number of fused-ring (bicyclic) bond motifs is 1. The van der Waals surface area contributed by atoms with E-state index in [1.54, 1.807) is 30.3 Å². The Morgan fingerprint density at radius 3 is 2.56 bits per heavy atom. The molecule has 0 saturated heterocycles. The van der Waals surface area contributed by atoms with Crippen molar-refractivity contribution in [2.24, 2.45) is 0 Å². The fourth-order valence-electron chi connectivity index (χ4n) is 2.94. The molecule has 0 aliphatic carbocycles. The number of carbonyl (C=O) groups is 1. The predicted molar refractivity (Wildman–Crippen MR) is 96.4 cm³/mol. The van der Waals surface area contributed by atoms with E-state index in [9.17, 15) is 4.79 Å². The number of benzene rings is 3. The first-order valence-electron chi connectivity index (χ1n) is 7.62. The molecule has 4 nitrogen and oxygen atoms in total. The van der Waals surface area contributed by atoms with Crippen molar-refractivity contribution in [2.75, 3.05) is 7.11 Å². The number of methoxy groups -OCH3 is 1. The van der Waals surface area contributed by atoms with Crippen LogP contribution in [0.25, 0.3) is 26.7 Å². The van der Waals surface area contributed by atoms with Crippen molar-refractivity contribution in [2.45, 2.75) is 6.92 Å². The van der Waals surface area contributed by atoms with Gasteiger partial charge in [-0.3, -0.25) is 0 Å². The van der Waals surface area contributed by atoms with Crippen molar-refractivity contribution >= 4 is 22.4 Å². The molecule has 0 saturated carbocycles. The second-order valence-electron chi connectivity index (χ2n) is 5.64. The van der Waals surface area contributed by atoms with Crippen LogP contribution in [0.15, 0.2) is 48.5 Å². The first kappa shape index (κ1) is 16.2. The standard InChI is InChI=1S/C21H14N2O2/c1-13-10-14(12-22)4-8-17(13)20-18-11-16(21(24)25-3)6-5-15(18)7-9-19(20)23-2/h4-11H,1,3H3. The third kappa shape index (κ3) is 2.82. The van der Waals surface area contributed by atoms with Crippen LogP contribution >= 0.6 is 0 Å². The summed E-state index contributed by atoms with van der Waals surface area (Å²) in [5.41, 5.74) is 4.05. The van der Waals surface area contributed by atoms with Gasteiger partial charge in [-0.2, -0.15) is 5.26 Å². The van der Waals surface area contributed by atoms with E-state index in [0.29, 0.717) is 16.8 Å². The van der Waals surface area contributed by atoms with Crippen LogP contribution < -0.4 is 0 Å². The summed E-state index contributed by atoms with van der Waals surface area (Å²) in [6.07, 6.45) is 0. The van der Waals surface area contributed by atoms with E-state index in [1.807, 2.05) is 25.1 Å². The molecular formula is C21H14N2O2. The molecule has 0 N–H and O–H groups in total. The second-order valence-corrected chi connectivity index (χ2v) is 5.64. The van der Waals surface area contributed by atoms with Crippen LogP contribution in [0, 0.1) is 24.8 Å². The van der Waals surface area contributed by atoms with Gasteiger partial charge in [0.1, 0.15) is 0 Å². The number of carbonyl (C=O) groups excluding carboxylic acids is 1. The largest absolute Gasteiger partial charge is 0.465 e. The molecule has 0 aliphatic rings. The van der Waals surface area contributed by atoms with E-state index in [0.717, 1.165) is 27.5 Å². The molecule has 0 bridgehead atoms. The van der Waals surface area contributed by atoms with Crippen LogP contribution in [0.1, 0.15) is 21.5 Å². The maximum atomic E-state index is 11.9. The van der Waals surface area contributed by atoms with Gasteiger partial charge < -0.3 is 4.74 Å². The van der Waals surface area contributed by atoms with Crippen LogP contribution in [0.3, 0.4) is 0 Å². The number of hydrogen-bond donors (Lipinski definition) is 0. The lowest BCUT2D eigenvalue weighted by atomic mass is 9.92. The van der Waals surface area contributed by atoms with Crippen LogP contribution in [0.2, 0.25) is 0 Å². The number of nitrogens with zero attached hydrogens (tertiary/aromatic N) is 2. The quantitative estimate of drug-likeness (QED) is 0.490. The number of nitriles is 1. The smallest absolute Gasteiger partial charge is 0.337 e. The second kappa shape index (κ2) is 6.47. The van der Waals surface area contributed by atoms with Gasteiger partial charge in [-0.1, -0.05) is 24.3 Å². The van der Waals surface area contributed by atoms with Crippen molar-refractivity contribution in [3.05, 3.63) is 76.6 Å². The van der Waals surface area contributed by atoms with Crippen molar-refractivity contribution in [3.8, 4) is 17.2 Å². The van der Waals surface area contributed by atoms with E-state index < -0.39 is 5.97 Å². The monoisotopic (exact) mass is 326 g/mol. The Morgan fingerprint density at radius 2 is 1.92 bits per heavy atom. The maximum absolute atomic E-state index is 11.9. The molecule has 0 aromatic heterocycles. The van der Waals surface area contributed by atoms with Gasteiger partial charge in [0.2, 0.25) is 0 Å². The molecule has 0 aliphatic heterocycles. The summed E-state index contributed by atoms with van der Waals surface area (Å²) >= 11 is 0. The highest BCUT2D eigenvalue weighted by Gasteiger charge is 2.15. The Bertz CT molecular complexity index is 1090. The summed E-state index contributed by atoms with van der Waals surface area (Å²) in [6, 6.07) is 16.5. The summed E-state index contributed by atoms with van der Waals surface area (Å²) in [7, 11) is 1.34. The average Bonchev–Trinajstić information content (AvgIpc) is 2.66. The minimum absolute atomic E-state index is 0.419. The van der Waals surface area contributed by atoms with Gasteiger partial charge in [-0.05, 0) is 58.7 Å². The lowest BCUT2D eigenvalue weighted by Crippen LogP contribution is -2.00. The minimum Gasteiger partial charge on any atom is -0.465 e. The summed E-state index contributed by atoms with van der Waals surface area (Å²) in [5, 5.41) is 10.8. The predicted octanol–water partition coefficient (Wildman–Crippen LogP) is 5.02. The SMILES string of the molecule is [C-]#[N+]c1ccc2ccc(C(=O)OC)cc2c1-c1ccc(C#N)cc1C. The number of rotatable bonds is 2. The zero-order chi connectivity index (χ0) is 18.0. The zero-order valence-electron chi connectivity index (χ0n) is 13.8. The molecule has 120 valence electrons. The normalized spacial score (nSPS) is 10.1. The van der Waals surface area contributed by atoms with E-state index in [2.05, 4.69) is 10.9 Å². The fourth-order valence-corrected chi connectivity index (χ4v) is 2.94. The highest BCUT2D eigenvalue weighted by atomic mass is 16.5. The van der Waals surface area contributed by atoms with Crippen molar-refractivity contribution in [1.29, 1.82) is 5.26 Å². The van der Waals surface area contributed by atoms with E-state index >= 15 is 0 Å². The van der Waals surface area contributed by atoms with Crippen LogP contribution in [0.4, 0.5) is 5.69 Å². The molecule has 0 atom stereocenters. The molecular weight excluding hydrogens is 312 g/mol. The molecule has 0 spiro atoms. The fraction of sp³-hybridized carbons (Fsp3) is 0.0952. The molecule has 0 radical (unpaired) electrons. The number of aryl methyl sites for hydroxylation is 1. The van der Waals surface area contributed by atoms with E-state index in [-0.39, 0.29) is 0 Å². The molecule has 3 rings (SSSR count). The molecule has 0 unspecified atom stereocenters. The highest BCUT2D eigenvalue weighted by molar-refractivity contribution is 6.06. The first-order chi connectivity index (χ1) is 12.1. The highest BCUT2D eigenvalue weighted by Crippen LogP contribution is 2.39. The topological polar surface area (TPSA) is 54.5 Å². The van der Waals surface area contributed by atoms with Gasteiger partial charge in [0.25, 0.3) is 0 Å². The van der Waals surface area contributed by atoms with Gasteiger partial charge in [-0.25, -0.2) is 9.64 Å². The van der Waals surface area contributed by atoms with Crippen molar-refractivity contribution in [3.63, 3.8) is 0 Å². The minimum atomic E-state index is -0.419. The molecule has 0 fully saturated rings. The van der Waals surface area contributed by atoms with Crippen molar-refractivity contribution in [1.82, 2.24) is 0 Å². The molecule has 3 aromatic rings. The Balaban J connectivity index is 2.37. The third-order valence-electron chi connectivity index (χ3n) is 4.17. The van der Waals surface area contributed by atoms with Crippen LogP contribution in [0.5, 0.6) is 0 Å². The molecule has 0 amide bonds. The van der Waals surface area contributed by atoms with E-state index in [1.165, 1.54) is 7.11 Å². The maximum Gasteiger partial charge on any atom is 0.337 e. The first-order valence-corrected chi connectivity index (χ1v) is 7.62. The summed E-state index contributed by atoms with van der Waals surface area (Å²) in [5.74, 6) is -0.419. The lowest BCUT2D eigenvalue weighted by Gasteiger charge is -2.13. The number of ether oxygens (including phenoxy) is 1. The molecule has 4 heteroatoms. The number of esters is 1. The van der Waals surface area contributed by atoms with Crippen LogP contribution in [-0.2, 0) is 4.74 Å². The van der Waals surface area contributed by atoms with E-state index in [4.69, 9.17) is 16.6 Å². The summed E-state index contributed by atoms with van der Waals surface area (Å²) in [4.78, 5) is 15.5. The van der Waals surface area contributed by atoms with Gasteiger partial charge >= 0.3 is 5.97 Å². The van der Waals surface area contributed by atoms with Gasteiger partial charge in [0, 0.05) is 0 Å². The average molecular weight is 326 g/mol. The molecule has 25 heavy (non-hydrogen) atoms. The Kier molecular flexibility index (Phi) is 4.20. The Morgan fingerprint density at radius 1 is 1.16 bits per heavy atom. The number of hydrogen-bond acceptors (Lipinski definition) is 3. The van der Waals surface area contributed by atoms with Gasteiger partial charge in [-0.15, -0.1) is 0 Å². The Hall–Kier alpha value is -3.63. The van der Waals surface area contributed by atoms with Gasteiger partial charge in [0.15, 0.2) is 5.69 Å². The lowest BCUT2D eigenvalue weighted by molar-refractivity contribution is 0.0601. The summed E-state index contributed by atoms with van der Waals surface area (Å²) in [6.45, 7) is 9.42. The van der Waals surface area contributed by atoms with Crippen molar-refractivity contribution < 1.29 is 9.53 Å². The van der Waals surface area contributed by atoms with Gasteiger partial charge in [0.05, 0.1) is 30.9 Å². The third-order valence-corrected chi connectivity index (χ3v) is 4.17. The van der Waals surface area contributed by atoms with Crippen LogP contribution in [-0.4, -0.2) is 13.1 Å². The summed E-state index contributed by atoms with van der Waals surface area (Å²) < 4.78 is 4.81. The molecule has 0 heterocycles. The molecule has 3 aromatic carbocycles. The zero-order valence-corrected chi connectivity index (χ0v) is 13.8.